The molecule has 1 aromatic heterocycles. The lowest BCUT2D eigenvalue weighted by atomic mass is 9.86. The number of methoxy groups -OCH3 is 1. The molecule has 26 heavy (non-hydrogen) atoms. The molecule has 0 fully saturated rings. The normalized spacial score (nSPS) is 16.1. The molecule has 0 unspecified atom stereocenters. The second-order valence-electron chi connectivity index (χ2n) is 5.37. The molecule has 0 saturated carbocycles. The zero-order valence-corrected chi connectivity index (χ0v) is 13.4. The average Bonchev–Trinajstić information content (AvgIpc) is 2.61. The van der Waals surface area contributed by atoms with Crippen LogP contribution in [0.2, 0.25) is 0 Å². The summed E-state index contributed by atoms with van der Waals surface area (Å²) in [5, 5.41) is 9.25. The summed E-state index contributed by atoms with van der Waals surface area (Å²) in [5.74, 6) is -6.04. The first-order chi connectivity index (χ1) is 12.4. The third-order valence-corrected chi connectivity index (χ3v) is 3.86. The third-order valence-electron chi connectivity index (χ3n) is 3.86. The summed E-state index contributed by atoms with van der Waals surface area (Å²) in [4.78, 5) is 24.4. The van der Waals surface area contributed by atoms with Crippen molar-refractivity contribution in [2.24, 2.45) is 5.73 Å². The SMILES string of the molecule is COC(=O)C1=C(N)Oc2c(oc(CO)cc2=O)[C@H]1c1c(F)cccc1F. The summed E-state index contributed by atoms with van der Waals surface area (Å²) in [5.41, 5.74) is 3.99. The predicted octanol–water partition coefficient (Wildman–Crippen LogP) is 1.28. The largest absolute Gasteiger partial charge is 0.465 e. The van der Waals surface area contributed by atoms with Gasteiger partial charge in [-0.15, -0.1) is 0 Å². The number of carbonyl (C=O) groups is 1. The molecule has 0 amide bonds. The Morgan fingerprint density at radius 2 is 2.00 bits per heavy atom. The number of fused-ring (bicyclic) bond motifs is 1. The van der Waals surface area contributed by atoms with E-state index in [1.54, 1.807) is 0 Å². The van der Waals surface area contributed by atoms with Crippen LogP contribution in [0.5, 0.6) is 5.75 Å². The highest BCUT2D eigenvalue weighted by molar-refractivity contribution is 5.92. The molecule has 1 aliphatic rings. The summed E-state index contributed by atoms with van der Waals surface area (Å²) in [6, 6.07) is 4.04. The fourth-order valence-corrected chi connectivity index (χ4v) is 2.75. The van der Waals surface area contributed by atoms with Gasteiger partial charge in [-0.1, -0.05) is 6.07 Å². The molecule has 7 nitrogen and oxygen atoms in total. The van der Waals surface area contributed by atoms with Gasteiger partial charge in [-0.2, -0.15) is 0 Å². The number of halogens is 2. The summed E-state index contributed by atoms with van der Waals surface area (Å²) in [6.07, 6.45) is 0. The highest BCUT2D eigenvalue weighted by Crippen LogP contribution is 2.43. The fraction of sp³-hybridized carbons (Fsp3) is 0.176. The second-order valence-corrected chi connectivity index (χ2v) is 5.37. The predicted molar refractivity (Wildman–Crippen MR) is 83.0 cm³/mol. The minimum Gasteiger partial charge on any atom is -0.465 e. The lowest BCUT2D eigenvalue weighted by Gasteiger charge is -2.27. The minimum atomic E-state index is -1.54. The van der Waals surface area contributed by atoms with Crippen LogP contribution in [-0.2, 0) is 16.1 Å². The molecule has 0 aliphatic carbocycles. The number of aliphatic hydroxyl groups excluding tert-OH is 1. The van der Waals surface area contributed by atoms with Crippen LogP contribution in [-0.4, -0.2) is 18.2 Å². The number of carbonyl (C=O) groups excluding carboxylic acids is 1. The van der Waals surface area contributed by atoms with E-state index in [0.29, 0.717) is 0 Å². The number of rotatable bonds is 3. The van der Waals surface area contributed by atoms with Crippen molar-refractivity contribution in [3.63, 3.8) is 0 Å². The fourth-order valence-electron chi connectivity index (χ4n) is 2.75. The van der Waals surface area contributed by atoms with Gasteiger partial charge in [-0.25, -0.2) is 13.6 Å². The molecule has 9 heteroatoms. The molecule has 2 heterocycles. The second kappa shape index (κ2) is 6.60. The Hall–Kier alpha value is -3.20. The van der Waals surface area contributed by atoms with Crippen molar-refractivity contribution >= 4 is 5.97 Å². The Morgan fingerprint density at radius 1 is 1.35 bits per heavy atom. The molecular formula is C17H13F2NO6. The smallest absolute Gasteiger partial charge is 0.340 e. The Balaban J connectivity index is 2.39. The van der Waals surface area contributed by atoms with Crippen molar-refractivity contribution in [1.29, 1.82) is 0 Å². The van der Waals surface area contributed by atoms with E-state index < -0.39 is 58.3 Å². The van der Waals surface area contributed by atoms with Gasteiger partial charge in [0, 0.05) is 11.6 Å². The van der Waals surface area contributed by atoms with E-state index in [2.05, 4.69) is 4.74 Å². The quantitative estimate of drug-likeness (QED) is 0.788. The van der Waals surface area contributed by atoms with Gasteiger partial charge in [0.2, 0.25) is 17.1 Å². The van der Waals surface area contributed by atoms with E-state index in [9.17, 15) is 23.5 Å². The molecule has 1 aromatic carbocycles. The topological polar surface area (TPSA) is 112 Å². The first-order valence-electron chi connectivity index (χ1n) is 7.36. The van der Waals surface area contributed by atoms with Crippen LogP contribution in [0.1, 0.15) is 23.0 Å². The van der Waals surface area contributed by atoms with Gasteiger partial charge in [0.1, 0.15) is 29.6 Å². The van der Waals surface area contributed by atoms with Crippen LogP contribution >= 0.6 is 0 Å². The van der Waals surface area contributed by atoms with Crippen molar-refractivity contribution in [2.45, 2.75) is 12.5 Å². The molecule has 0 bridgehead atoms. The maximum absolute atomic E-state index is 14.4. The molecule has 136 valence electrons. The number of benzene rings is 1. The van der Waals surface area contributed by atoms with Gasteiger partial charge >= 0.3 is 5.97 Å². The Labute approximate surface area is 145 Å². The zero-order chi connectivity index (χ0) is 19.0. The van der Waals surface area contributed by atoms with Crippen molar-refractivity contribution in [2.75, 3.05) is 7.11 Å². The van der Waals surface area contributed by atoms with Crippen molar-refractivity contribution in [3.8, 4) is 5.75 Å². The Kier molecular flexibility index (Phi) is 4.47. The highest BCUT2D eigenvalue weighted by Gasteiger charge is 2.41. The van der Waals surface area contributed by atoms with Gasteiger partial charge in [-0.3, -0.25) is 4.79 Å². The number of hydrogen-bond donors (Lipinski definition) is 2. The van der Waals surface area contributed by atoms with E-state index in [1.165, 1.54) is 0 Å². The molecule has 3 rings (SSSR count). The van der Waals surface area contributed by atoms with Crippen molar-refractivity contribution in [3.05, 3.63) is 74.7 Å². The molecular weight excluding hydrogens is 352 g/mol. The standard InChI is InChI=1S/C17H13F2NO6/c1-24-17(23)13-12(11-8(18)3-2-4-9(11)19)15-14(26-16(13)20)10(22)5-7(6-21)25-15/h2-5,12,21H,6,20H2,1H3/t12-/m0/s1. The van der Waals surface area contributed by atoms with Crippen LogP contribution < -0.4 is 15.9 Å². The van der Waals surface area contributed by atoms with Gasteiger partial charge in [-0.05, 0) is 12.1 Å². The van der Waals surface area contributed by atoms with Crippen LogP contribution in [0.3, 0.4) is 0 Å². The Bertz CT molecular complexity index is 961. The van der Waals surface area contributed by atoms with Crippen LogP contribution in [0.25, 0.3) is 0 Å². The first-order valence-corrected chi connectivity index (χ1v) is 7.36. The van der Waals surface area contributed by atoms with Crippen LogP contribution in [0.4, 0.5) is 8.78 Å². The van der Waals surface area contributed by atoms with E-state index >= 15 is 0 Å². The first kappa shape index (κ1) is 17.6. The zero-order valence-electron chi connectivity index (χ0n) is 13.4. The van der Waals surface area contributed by atoms with Crippen molar-refractivity contribution in [1.82, 2.24) is 0 Å². The van der Waals surface area contributed by atoms with Crippen LogP contribution in [0, 0.1) is 11.6 Å². The lowest BCUT2D eigenvalue weighted by Crippen LogP contribution is -2.30. The highest BCUT2D eigenvalue weighted by atomic mass is 19.1. The molecule has 0 spiro atoms. The molecule has 1 aliphatic heterocycles. The van der Waals surface area contributed by atoms with Gasteiger partial charge in [0.25, 0.3) is 0 Å². The summed E-state index contributed by atoms with van der Waals surface area (Å²) >= 11 is 0. The number of esters is 1. The summed E-state index contributed by atoms with van der Waals surface area (Å²) < 4.78 is 44.0. The van der Waals surface area contributed by atoms with Crippen LogP contribution in [0.15, 0.2) is 44.9 Å². The van der Waals surface area contributed by atoms with Crippen molar-refractivity contribution < 1.29 is 32.6 Å². The third kappa shape index (κ3) is 2.72. The number of ether oxygens (including phenoxy) is 2. The monoisotopic (exact) mass is 365 g/mol. The van der Waals surface area contributed by atoms with E-state index in [4.69, 9.17) is 14.9 Å². The maximum Gasteiger partial charge on any atom is 0.340 e. The lowest BCUT2D eigenvalue weighted by molar-refractivity contribution is -0.136. The van der Waals surface area contributed by atoms with E-state index in [-0.39, 0.29) is 11.5 Å². The minimum absolute atomic E-state index is 0.177. The molecule has 0 radical (unpaired) electrons. The molecule has 0 saturated heterocycles. The molecule has 1 atom stereocenters. The Morgan fingerprint density at radius 3 is 2.58 bits per heavy atom. The number of nitrogens with two attached hydrogens (primary N) is 1. The van der Waals surface area contributed by atoms with Gasteiger partial charge in [0.05, 0.1) is 13.0 Å². The average molecular weight is 365 g/mol. The van der Waals surface area contributed by atoms with E-state index in [1.807, 2.05) is 0 Å². The summed E-state index contributed by atoms with van der Waals surface area (Å²) in [6.45, 7) is -0.651. The number of aliphatic hydroxyl groups is 1. The maximum atomic E-state index is 14.4. The summed E-state index contributed by atoms with van der Waals surface area (Å²) in [7, 11) is 1.05. The van der Waals surface area contributed by atoms with E-state index in [0.717, 1.165) is 31.4 Å². The number of hydrogen-bond acceptors (Lipinski definition) is 7. The molecule has 2 aromatic rings. The van der Waals surface area contributed by atoms with Gasteiger partial charge in [0.15, 0.2) is 5.76 Å². The van der Waals surface area contributed by atoms with Gasteiger partial charge < -0.3 is 24.7 Å². The molecule has 3 N–H and O–H groups in total.